The zero-order chi connectivity index (χ0) is 11.5. The molecule has 0 aromatic carbocycles. The first-order chi connectivity index (χ1) is 7.72. The molecule has 16 heavy (non-hydrogen) atoms. The van der Waals surface area contributed by atoms with Gasteiger partial charge in [0.05, 0.1) is 13.4 Å². The van der Waals surface area contributed by atoms with E-state index in [4.69, 9.17) is 0 Å². The van der Waals surface area contributed by atoms with Gasteiger partial charge in [-0.15, -0.1) is 0 Å². The highest BCUT2D eigenvalue weighted by atomic mass is 32.2. The number of rotatable bonds is 3. The van der Waals surface area contributed by atoms with E-state index in [0.29, 0.717) is 5.65 Å². The van der Waals surface area contributed by atoms with Crippen LogP contribution in [0.15, 0.2) is 17.7 Å². The number of thioether (sulfide) groups is 1. The van der Waals surface area contributed by atoms with E-state index in [2.05, 4.69) is 24.7 Å². The molecular formula is C9H11N4O2S+. The second kappa shape index (κ2) is 4.48. The topological polar surface area (TPSA) is 82.0 Å². The number of methoxy groups -OCH3 is 1. The number of carbonyl (C=O) groups excluding carboxylic acids is 1. The van der Waals surface area contributed by atoms with Crippen molar-refractivity contribution in [1.29, 1.82) is 0 Å². The Morgan fingerprint density at radius 1 is 1.62 bits per heavy atom. The number of nitrogens with one attached hydrogen (secondary N) is 2. The Hall–Kier alpha value is -1.63. The fraction of sp³-hybridized carbons (Fsp3) is 0.333. The first-order valence-corrected chi connectivity index (χ1v) is 5.54. The van der Waals surface area contributed by atoms with Gasteiger partial charge < -0.3 is 9.72 Å². The third-order valence-electron chi connectivity index (χ3n) is 2.06. The molecule has 0 saturated carbocycles. The van der Waals surface area contributed by atoms with E-state index < -0.39 is 0 Å². The molecule has 2 rings (SSSR count). The van der Waals surface area contributed by atoms with E-state index in [-0.39, 0.29) is 11.2 Å². The van der Waals surface area contributed by atoms with Crippen molar-refractivity contribution in [2.45, 2.75) is 17.2 Å². The Bertz CT molecular complexity index is 513. The first-order valence-electron chi connectivity index (χ1n) is 4.66. The van der Waals surface area contributed by atoms with E-state index in [9.17, 15) is 4.79 Å². The number of H-pyrrole nitrogens is 2. The number of hydrogen-bond donors (Lipinski definition) is 1. The van der Waals surface area contributed by atoms with Crippen molar-refractivity contribution in [3.8, 4) is 0 Å². The molecule has 0 aliphatic heterocycles. The normalized spacial score (nSPS) is 12.6. The van der Waals surface area contributed by atoms with Gasteiger partial charge in [-0.25, -0.2) is 4.98 Å². The van der Waals surface area contributed by atoms with Crippen LogP contribution in [0.2, 0.25) is 0 Å². The second-order valence-electron chi connectivity index (χ2n) is 3.12. The fourth-order valence-corrected chi connectivity index (χ4v) is 2.19. The number of carbonyl (C=O) groups is 1. The molecule has 0 aliphatic carbocycles. The van der Waals surface area contributed by atoms with Crippen LogP contribution >= 0.6 is 11.8 Å². The number of ether oxygens (including phenoxy) is 1. The Balaban J connectivity index is 2.27. The van der Waals surface area contributed by atoms with E-state index in [0.717, 1.165) is 10.5 Å². The van der Waals surface area contributed by atoms with Crippen LogP contribution in [0.25, 0.3) is 11.2 Å². The van der Waals surface area contributed by atoms with Crippen LogP contribution in [-0.2, 0) is 9.53 Å². The fourth-order valence-electron chi connectivity index (χ4n) is 1.26. The van der Waals surface area contributed by atoms with Crippen LogP contribution in [0.5, 0.6) is 0 Å². The van der Waals surface area contributed by atoms with Gasteiger partial charge >= 0.3 is 5.97 Å². The second-order valence-corrected chi connectivity index (χ2v) is 4.47. The smallest absolute Gasteiger partial charge is 0.318 e. The Kier molecular flexibility index (Phi) is 3.04. The van der Waals surface area contributed by atoms with Crippen LogP contribution in [0.3, 0.4) is 0 Å². The minimum Gasteiger partial charge on any atom is -0.468 e. The standard InChI is InChI=1S/C9H10N4O2S/c1-5(9(14)15-2)16-8-6-7(11-3-10-6)12-4-13-8/h3-5H,1-2H3,(H,10,11,12,13)/p+1/t5-/m1/s1. The van der Waals surface area contributed by atoms with Crippen LogP contribution in [0.4, 0.5) is 0 Å². The van der Waals surface area contributed by atoms with Gasteiger partial charge in [0.25, 0.3) is 12.0 Å². The first kappa shape index (κ1) is 10.9. The molecule has 1 atom stereocenters. The largest absolute Gasteiger partial charge is 0.468 e. The van der Waals surface area contributed by atoms with Gasteiger partial charge in [0, 0.05) is 0 Å². The predicted molar refractivity (Wildman–Crippen MR) is 57.8 cm³/mol. The van der Waals surface area contributed by atoms with Crippen molar-refractivity contribution in [1.82, 2.24) is 15.0 Å². The lowest BCUT2D eigenvalue weighted by Crippen LogP contribution is -2.18. The number of hydrogen-bond acceptors (Lipinski definition) is 5. The van der Waals surface area contributed by atoms with Gasteiger partial charge in [-0.2, -0.15) is 4.98 Å². The number of fused-ring (bicyclic) bond motifs is 1. The van der Waals surface area contributed by atoms with Crippen LogP contribution in [0.1, 0.15) is 6.92 Å². The third kappa shape index (κ3) is 1.99. The molecule has 7 heteroatoms. The molecule has 6 nitrogen and oxygen atoms in total. The van der Waals surface area contributed by atoms with Gasteiger partial charge in [-0.3, -0.25) is 4.79 Å². The maximum Gasteiger partial charge on any atom is 0.318 e. The highest BCUT2D eigenvalue weighted by Gasteiger charge is 2.20. The molecule has 0 amide bonds. The molecule has 0 saturated heterocycles. The molecule has 2 aromatic heterocycles. The van der Waals surface area contributed by atoms with Gasteiger partial charge in [0.1, 0.15) is 5.25 Å². The summed E-state index contributed by atoms with van der Waals surface area (Å²) >= 11 is 1.37. The summed E-state index contributed by atoms with van der Waals surface area (Å²) < 4.78 is 4.66. The van der Waals surface area contributed by atoms with Crippen molar-refractivity contribution in [3.05, 3.63) is 12.7 Å². The molecule has 2 aromatic rings. The Labute approximate surface area is 95.8 Å². The number of imidazole rings is 1. The van der Waals surface area contributed by atoms with Gasteiger partial charge in [0.2, 0.25) is 0 Å². The summed E-state index contributed by atoms with van der Waals surface area (Å²) in [4.78, 5) is 25.3. The molecule has 0 unspecified atom stereocenters. The van der Waals surface area contributed by atoms with Gasteiger partial charge in [0.15, 0.2) is 10.5 Å². The van der Waals surface area contributed by atoms with E-state index in [1.807, 2.05) is 0 Å². The lowest BCUT2D eigenvalue weighted by Gasteiger charge is -2.05. The summed E-state index contributed by atoms with van der Waals surface area (Å²) in [5, 5.41) is 0.538. The molecule has 0 fully saturated rings. The summed E-state index contributed by atoms with van der Waals surface area (Å²) in [7, 11) is 1.38. The molecule has 0 aliphatic rings. The maximum atomic E-state index is 11.3. The zero-order valence-corrected chi connectivity index (χ0v) is 9.67. The highest BCUT2D eigenvalue weighted by molar-refractivity contribution is 8.00. The molecule has 0 bridgehead atoms. The van der Waals surface area contributed by atoms with Crippen molar-refractivity contribution < 1.29 is 14.5 Å². The average molecular weight is 239 g/mol. The lowest BCUT2D eigenvalue weighted by atomic mass is 10.5. The predicted octanol–water partition coefficient (Wildman–Crippen LogP) is 0.426. The molecule has 0 radical (unpaired) electrons. The monoisotopic (exact) mass is 239 g/mol. The van der Waals surface area contributed by atoms with Crippen molar-refractivity contribution in [3.63, 3.8) is 0 Å². The average Bonchev–Trinajstić information content (AvgIpc) is 2.77. The number of aromatic nitrogens is 4. The van der Waals surface area contributed by atoms with Crippen LogP contribution in [-0.4, -0.2) is 33.3 Å². The maximum absolute atomic E-state index is 11.3. The third-order valence-corrected chi connectivity index (χ3v) is 3.16. The van der Waals surface area contributed by atoms with Gasteiger partial charge in [-0.05, 0) is 11.9 Å². The molecular weight excluding hydrogens is 228 g/mol. The van der Waals surface area contributed by atoms with Gasteiger partial charge in [-0.1, -0.05) is 11.8 Å². The Morgan fingerprint density at radius 3 is 3.19 bits per heavy atom. The van der Waals surface area contributed by atoms with Crippen molar-refractivity contribution >= 4 is 28.9 Å². The molecule has 0 spiro atoms. The summed E-state index contributed by atoms with van der Waals surface area (Å²) in [6, 6.07) is 0. The van der Waals surface area contributed by atoms with Crippen molar-refractivity contribution in [2.75, 3.05) is 7.11 Å². The summed E-state index contributed by atoms with van der Waals surface area (Å²) in [5.74, 6) is -0.261. The number of nitrogens with zero attached hydrogens (tertiary/aromatic N) is 2. The lowest BCUT2D eigenvalue weighted by molar-refractivity contribution is -0.428. The Morgan fingerprint density at radius 2 is 2.44 bits per heavy atom. The number of aromatic amines is 2. The van der Waals surface area contributed by atoms with E-state index in [1.165, 1.54) is 18.9 Å². The summed E-state index contributed by atoms with van der Waals surface area (Å²) in [6.45, 7) is 1.78. The van der Waals surface area contributed by atoms with E-state index >= 15 is 0 Å². The van der Waals surface area contributed by atoms with Crippen LogP contribution in [0, 0.1) is 0 Å². The highest BCUT2D eigenvalue weighted by Crippen LogP contribution is 2.24. The van der Waals surface area contributed by atoms with Crippen LogP contribution < -0.4 is 4.98 Å². The van der Waals surface area contributed by atoms with E-state index in [1.54, 1.807) is 19.6 Å². The minimum absolute atomic E-state index is 0.261. The molecule has 2 N–H and O–H groups in total. The SMILES string of the molecule is COC(=O)[C@@H](C)Sc1[nH+]cnc2nc[nH]c12. The summed E-state index contributed by atoms with van der Waals surface area (Å²) in [6.07, 6.45) is 3.12. The minimum atomic E-state index is -0.282. The summed E-state index contributed by atoms with van der Waals surface area (Å²) in [5.41, 5.74) is 1.42. The zero-order valence-electron chi connectivity index (χ0n) is 8.85. The van der Waals surface area contributed by atoms with Crippen molar-refractivity contribution in [2.24, 2.45) is 0 Å². The molecule has 84 valence electrons. The number of esters is 1. The molecule has 2 heterocycles. The quantitative estimate of drug-likeness (QED) is 0.477.